The second-order valence-electron chi connectivity index (χ2n) is 8.41. The van der Waals surface area contributed by atoms with E-state index in [0.717, 1.165) is 46.9 Å². The van der Waals surface area contributed by atoms with E-state index in [4.69, 9.17) is 9.72 Å². The molecule has 0 fully saturated rings. The Morgan fingerprint density at radius 3 is 2.53 bits per heavy atom. The van der Waals surface area contributed by atoms with E-state index >= 15 is 0 Å². The van der Waals surface area contributed by atoms with Crippen LogP contribution in [0.1, 0.15) is 29.2 Å². The predicted octanol–water partition coefficient (Wildman–Crippen LogP) is 6.61. The first-order chi connectivity index (χ1) is 16.7. The van der Waals surface area contributed by atoms with Gasteiger partial charge < -0.3 is 10.1 Å². The van der Waals surface area contributed by atoms with E-state index in [1.165, 1.54) is 22.3 Å². The number of hydrogen-bond donors (Lipinski definition) is 1. The minimum Gasteiger partial charge on any atom is -0.496 e. The summed E-state index contributed by atoms with van der Waals surface area (Å²) in [5.74, 6) is 1.66. The molecule has 0 saturated carbocycles. The Morgan fingerprint density at radius 2 is 1.74 bits per heavy atom. The van der Waals surface area contributed by atoms with Crippen LogP contribution < -0.4 is 10.1 Å². The molecule has 5 nitrogen and oxygen atoms in total. The molecule has 5 aromatic rings. The van der Waals surface area contributed by atoms with Gasteiger partial charge in [-0.15, -0.1) is 0 Å². The van der Waals surface area contributed by atoms with Crippen LogP contribution in [-0.4, -0.2) is 21.7 Å². The number of rotatable bonds is 7. The standard InChI is InChI=1S/C29H28N4O/c1-4-24-20(2)16-23(18-27(24)34-3)31-28-14-15-33-29(32-28)26(19-30-33)25-13-9-8-12-22(25)17-21-10-6-5-7-11-21/h5-16,18-19H,4,17H2,1-3H3,(H,31,32). The lowest BCUT2D eigenvalue weighted by atomic mass is 9.96. The van der Waals surface area contributed by atoms with Gasteiger partial charge in [-0.2, -0.15) is 5.10 Å². The van der Waals surface area contributed by atoms with E-state index in [1.54, 1.807) is 7.11 Å². The molecule has 0 aliphatic rings. The average molecular weight is 449 g/mol. The smallest absolute Gasteiger partial charge is 0.165 e. The van der Waals surface area contributed by atoms with Crippen molar-refractivity contribution >= 4 is 17.2 Å². The van der Waals surface area contributed by atoms with Crippen molar-refractivity contribution in [1.82, 2.24) is 14.6 Å². The number of hydrogen-bond acceptors (Lipinski definition) is 4. The first-order valence-corrected chi connectivity index (χ1v) is 11.6. The van der Waals surface area contributed by atoms with E-state index in [-0.39, 0.29) is 0 Å². The summed E-state index contributed by atoms with van der Waals surface area (Å²) in [6.07, 6.45) is 5.63. The molecule has 170 valence electrons. The molecule has 0 atom stereocenters. The van der Waals surface area contributed by atoms with Gasteiger partial charge in [-0.05, 0) is 59.7 Å². The zero-order chi connectivity index (χ0) is 23.5. The molecular weight excluding hydrogens is 420 g/mol. The van der Waals surface area contributed by atoms with Crippen molar-refractivity contribution in [2.45, 2.75) is 26.7 Å². The topological polar surface area (TPSA) is 51.5 Å². The van der Waals surface area contributed by atoms with Gasteiger partial charge in [0.15, 0.2) is 5.65 Å². The first kappa shape index (κ1) is 21.7. The highest BCUT2D eigenvalue weighted by molar-refractivity contribution is 5.80. The van der Waals surface area contributed by atoms with Gasteiger partial charge in [-0.25, -0.2) is 9.50 Å². The fourth-order valence-corrected chi connectivity index (χ4v) is 4.52. The minimum absolute atomic E-state index is 0.764. The Kier molecular flexibility index (Phi) is 6.00. The van der Waals surface area contributed by atoms with E-state index in [2.05, 4.69) is 78.9 Å². The van der Waals surface area contributed by atoms with Crippen molar-refractivity contribution in [1.29, 1.82) is 0 Å². The number of fused-ring (bicyclic) bond motifs is 1. The summed E-state index contributed by atoms with van der Waals surface area (Å²) in [6.45, 7) is 4.26. The predicted molar refractivity (Wildman–Crippen MR) is 138 cm³/mol. The highest BCUT2D eigenvalue weighted by Gasteiger charge is 2.14. The van der Waals surface area contributed by atoms with Gasteiger partial charge in [0.2, 0.25) is 0 Å². The number of nitrogens with zero attached hydrogens (tertiary/aromatic N) is 3. The van der Waals surface area contributed by atoms with Crippen molar-refractivity contribution in [3.8, 4) is 16.9 Å². The second-order valence-corrected chi connectivity index (χ2v) is 8.41. The van der Waals surface area contributed by atoms with Gasteiger partial charge >= 0.3 is 0 Å². The van der Waals surface area contributed by atoms with Crippen LogP contribution in [0.3, 0.4) is 0 Å². The number of aromatic nitrogens is 3. The number of aryl methyl sites for hydroxylation is 1. The average Bonchev–Trinajstić information content (AvgIpc) is 3.28. The first-order valence-electron chi connectivity index (χ1n) is 11.6. The third kappa shape index (κ3) is 4.25. The summed E-state index contributed by atoms with van der Waals surface area (Å²) in [5, 5.41) is 8.02. The maximum atomic E-state index is 5.62. The maximum Gasteiger partial charge on any atom is 0.165 e. The van der Waals surface area contributed by atoms with Gasteiger partial charge in [0.25, 0.3) is 0 Å². The van der Waals surface area contributed by atoms with Crippen LogP contribution in [0.4, 0.5) is 11.5 Å². The molecule has 0 unspecified atom stereocenters. The number of nitrogens with one attached hydrogen (secondary N) is 1. The van der Waals surface area contributed by atoms with Crippen LogP contribution in [0.2, 0.25) is 0 Å². The Balaban J connectivity index is 1.51. The molecule has 1 N–H and O–H groups in total. The molecule has 5 rings (SSSR count). The lowest BCUT2D eigenvalue weighted by Gasteiger charge is -2.14. The second kappa shape index (κ2) is 9.40. The summed E-state index contributed by atoms with van der Waals surface area (Å²) < 4.78 is 7.44. The molecule has 0 aliphatic carbocycles. The van der Waals surface area contributed by atoms with Crippen molar-refractivity contribution in [3.05, 3.63) is 107 Å². The molecule has 2 aromatic heterocycles. The van der Waals surface area contributed by atoms with Crippen LogP contribution in [0, 0.1) is 6.92 Å². The fourth-order valence-electron chi connectivity index (χ4n) is 4.52. The lowest BCUT2D eigenvalue weighted by molar-refractivity contribution is 0.410. The molecular formula is C29H28N4O. The largest absolute Gasteiger partial charge is 0.496 e. The Labute approximate surface area is 200 Å². The zero-order valence-corrected chi connectivity index (χ0v) is 19.7. The van der Waals surface area contributed by atoms with Crippen molar-refractivity contribution in [3.63, 3.8) is 0 Å². The number of ether oxygens (including phenoxy) is 1. The monoisotopic (exact) mass is 448 g/mol. The van der Waals surface area contributed by atoms with Crippen LogP contribution in [0.5, 0.6) is 5.75 Å². The molecule has 5 heteroatoms. The summed E-state index contributed by atoms with van der Waals surface area (Å²) in [5.41, 5.74) is 8.89. The molecule has 0 saturated heterocycles. The maximum absolute atomic E-state index is 5.62. The summed E-state index contributed by atoms with van der Waals surface area (Å²) in [7, 11) is 1.72. The highest BCUT2D eigenvalue weighted by Crippen LogP contribution is 2.31. The van der Waals surface area contributed by atoms with Gasteiger partial charge in [-0.3, -0.25) is 0 Å². The minimum atomic E-state index is 0.764. The number of methoxy groups -OCH3 is 1. The van der Waals surface area contributed by atoms with E-state index in [0.29, 0.717) is 0 Å². The van der Waals surface area contributed by atoms with Crippen LogP contribution in [0.15, 0.2) is 85.2 Å². The van der Waals surface area contributed by atoms with Crippen LogP contribution in [-0.2, 0) is 12.8 Å². The molecule has 34 heavy (non-hydrogen) atoms. The van der Waals surface area contributed by atoms with Crippen molar-refractivity contribution in [2.24, 2.45) is 0 Å². The van der Waals surface area contributed by atoms with Gasteiger partial charge in [-0.1, -0.05) is 61.5 Å². The Morgan fingerprint density at radius 1 is 0.941 bits per heavy atom. The summed E-state index contributed by atoms with van der Waals surface area (Å²) in [6, 6.07) is 25.1. The summed E-state index contributed by atoms with van der Waals surface area (Å²) >= 11 is 0. The third-order valence-corrected chi connectivity index (χ3v) is 6.19. The molecule has 0 radical (unpaired) electrons. The van der Waals surface area contributed by atoms with Gasteiger partial charge in [0.05, 0.1) is 13.3 Å². The molecule has 3 aromatic carbocycles. The lowest BCUT2D eigenvalue weighted by Crippen LogP contribution is -2.00. The summed E-state index contributed by atoms with van der Waals surface area (Å²) in [4.78, 5) is 4.93. The van der Waals surface area contributed by atoms with E-state index in [1.807, 2.05) is 35.1 Å². The molecule has 0 spiro atoms. The Bertz CT molecular complexity index is 1440. The van der Waals surface area contributed by atoms with E-state index < -0.39 is 0 Å². The van der Waals surface area contributed by atoms with E-state index in [9.17, 15) is 0 Å². The zero-order valence-electron chi connectivity index (χ0n) is 19.7. The quantitative estimate of drug-likeness (QED) is 0.304. The molecule has 2 heterocycles. The van der Waals surface area contributed by atoms with Crippen molar-refractivity contribution in [2.75, 3.05) is 12.4 Å². The third-order valence-electron chi connectivity index (χ3n) is 6.19. The number of anilines is 2. The van der Waals surface area contributed by atoms with Crippen molar-refractivity contribution < 1.29 is 4.74 Å². The number of benzene rings is 3. The van der Waals surface area contributed by atoms with Crippen LogP contribution >= 0.6 is 0 Å². The highest BCUT2D eigenvalue weighted by atomic mass is 16.5. The fraction of sp³-hybridized carbons (Fsp3) is 0.172. The Hall–Kier alpha value is -4.12. The normalized spacial score (nSPS) is 11.0. The molecule has 0 bridgehead atoms. The van der Waals surface area contributed by atoms with Gasteiger partial charge in [0, 0.05) is 23.5 Å². The van der Waals surface area contributed by atoms with Gasteiger partial charge in [0.1, 0.15) is 11.6 Å². The SMILES string of the molecule is CCc1c(C)cc(Nc2ccn3ncc(-c4ccccc4Cc4ccccc4)c3n2)cc1OC. The molecule has 0 aliphatic heterocycles. The molecule has 0 amide bonds. The van der Waals surface area contributed by atoms with Crippen LogP contribution in [0.25, 0.3) is 16.8 Å².